The van der Waals surface area contributed by atoms with Crippen molar-refractivity contribution in [1.29, 1.82) is 0 Å². The van der Waals surface area contributed by atoms with E-state index in [2.05, 4.69) is 34.6 Å². The van der Waals surface area contributed by atoms with E-state index in [0.29, 0.717) is 44.1 Å². The fraction of sp³-hybridized carbons (Fsp3) is 0.944. The summed E-state index contributed by atoms with van der Waals surface area (Å²) in [6, 6.07) is 0. The normalized spacial score (nSPS) is 50.7. The second-order valence-electron chi connectivity index (χ2n) is 17.7. The van der Waals surface area contributed by atoms with E-state index < -0.39 is 11.7 Å². The number of rotatable bonds is 3. The molecule has 7 fully saturated rings. The van der Waals surface area contributed by atoms with Gasteiger partial charge in [-0.25, -0.2) is 4.79 Å². The van der Waals surface area contributed by atoms with Gasteiger partial charge in [0.05, 0.1) is 31.5 Å². The van der Waals surface area contributed by atoms with E-state index in [1.807, 2.05) is 18.7 Å². The Labute approximate surface area is 264 Å². The summed E-state index contributed by atoms with van der Waals surface area (Å²) in [6.45, 7) is 19.7. The van der Waals surface area contributed by atoms with E-state index in [9.17, 15) is 14.7 Å². The van der Waals surface area contributed by atoms with Gasteiger partial charge in [-0.2, -0.15) is 0 Å². The van der Waals surface area contributed by atoms with Gasteiger partial charge in [0.2, 0.25) is 0 Å². The van der Waals surface area contributed by atoms with Crippen molar-refractivity contribution in [3.05, 3.63) is 0 Å². The molecule has 2 heterocycles. The molecule has 0 aromatic rings. The van der Waals surface area contributed by atoms with Gasteiger partial charge in [0.15, 0.2) is 0 Å². The quantitative estimate of drug-likeness (QED) is 0.391. The lowest BCUT2D eigenvalue weighted by atomic mass is 9.41. The number of esters is 1. The monoisotopic (exact) mass is 615 g/mol. The summed E-state index contributed by atoms with van der Waals surface area (Å²) in [6.07, 6.45) is 7.40. The van der Waals surface area contributed by atoms with Gasteiger partial charge in [-0.3, -0.25) is 4.79 Å². The highest BCUT2D eigenvalue weighted by Crippen LogP contribution is 2.89. The largest absolute Gasteiger partial charge is 0.457 e. The Kier molecular flexibility index (Phi) is 6.97. The topological polar surface area (TPSA) is 94.5 Å². The predicted octanol–water partition coefficient (Wildman–Crippen LogP) is 5.98. The summed E-state index contributed by atoms with van der Waals surface area (Å²) in [7, 11) is 0. The molecule has 7 rings (SSSR count). The third-order valence-electron chi connectivity index (χ3n) is 15.4. The molecule has 8 heteroatoms. The first-order valence-corrected chi connectivity index (χ1v) is 17.6. The molecule has 248 valence electrons. The summed E-state index contributed by atoms with van der Waals surface area (Å²) in [4.78, 5) is 26.9. The highest BCUT2D eigenvalue weighted by molar-refractivity contribution is 5.68. The van der Waals surface area contributed by atoms with Crippen molar-refractivity contribution in [2.75, 3.05) is 26.3 Å². The lowest BCUT2D eigenvalue weighted by Gasteiger charge is -2.63. The number of morpholine rings is 1. The molecular formula is C36H57NO7. The fourth-order valence-electron chi connectivity index (χ4n) is 13.3. The summed E-state index contributed by atoms with van der Waals surface area (Å²) < 4.78 is 24.4. The molecule has 0 bridgehead atoms. The lowest BCUT2D eigenvalue weighted by Crippen LogP contribution is -2.60. The number of aliphatic hydroxyl groups is 1. The number of carbonyl (C=O) groups excluding carboxylic acids is 2. The predicted molar refractivity (Wildman–Crippen MR) is 165 cm³/mol. The minimum Gasteiger partial charge on any atom is -0.457 e. The number of ether oxygens (including phenoxy) is 4. The summed E-state index contributed by atoms with van der Waals surface area (Å²) >= 11 is 0. The highest BCUT2D eigenvalue weighted by atomic mass is 16.6. The average Bonchev–Trinajstić information content (AvgIpc) is 3.59. The molecule has 5 saturated carbocycles. The maximum absolute atomic E-state index is 13.1. The summed E-state index contributed by atoms with van der Waals surface area (Å²) in [5.41, 5.74) is -0.574. The molecule has 7 unspecified atom stereocenters. The van der Waals surface area contributed by atoms with Gasteiger partial charge in [-0.1, -0.05) is 34.6 Å². The highest BCUT2D eigenvalue weighted by Gasteiger charge is 2.84. The second kappa shape index (κ2) is 9.82. The van der Waals surface area contributed by atoms with E-state index in [0.717, 1.165) is 38.5 Å². The Hall–Kier alpha value is -1.38. The van der Waals surface area contributed by atoms with Gasteiger partial charge in [-0.05, 0) is 105 Å². The van der Waals surface area contributed by atoms with Gasteiger partial charge in [0.25, 0.3) is 0 Å². The number of aliphatic hydroxyl groups excluding tert-OH is 1. The van der Waals surface area contributed by atoms with Crippen molar-refractivity contribution in [1.82, 2.24) is 4.90 Å². The molecule has 8 nitrogen and oxygen atoms in total. The zero-order valence-electron chi connectivity index (χ0n) is 28.4. The van der Waals surface area contributed by atoms with Crippen LogP contribution in [-0.2, 0) is 23.7 Å². The van der Waals surface area contributed by atoms with Crippen LogP contribution >= 0.6 is 0 Å². The van der Waals surface area contributed by atoms with Crippen LogP contribution in [0.2, 0.25) is 0 Å². The molecule has 2 aliphatic heterocycles. The molecule has 44 heavy (non-hydrogen) atoms. The first-order chi connectivity index (χ1) is 20.5. The minimum atomic E-state index is -0.740. The Bertz CT molecular complexity index is 1200. The van der Waals surface area contributed by atoms with Crippen LogP contribution in [0.15, 0.2) is 0 Å². The SMILES string of the molecule is CC(=O)OC(C)(C)C1C[C@@H](C)[C@H]2C(O1)[C@H](O)[C@@]1(C)C3CC[C@H]4C(C)(C)C(OC(=O)N5CCOCC5)CCC45CC35CCC21C. The lowest BCUT2D eigenvalue weighted by molar-refractivity contribution is -0.210. The summed E-state index contributed by atoms with van der Waals surface area (Å²) in [5.74, 6) is 1.32. The van der Waals surface area contributed by atoms with E-state index in [4.69, 9.17) is 18.9 Å². The van der Waals surface area contributed by atoms with Crippen molar-refractivity contribution in [3.8, 4) is 0 Å². The first kappa shape index (κ1) is 31.2. The third kappa shape index (κ3) is 3.91. The van der Waals surface area contributed by atoms with Crippen molar-refractivity contribution >= 4 is 12.1 Å². The van der Waals surface area contributed by atoms with Crippen molar-refractivity contribution < 1.29 is 33.6 Å². The average molecular weight is 616 g/mol. The van der Waals surface area contributed by atoms with Crippen LogP contribution in [0.1, 0.15) is 107 Å². The van der Waals surface area contributed by atoms with E-state index >= 15 is 0 Å². The Morgan fingerprint density at radius 1 is 0.955 bits per heavy atom. The van der Waals surface area contributed by atoms with Crippen LogP contribution in [0.25, 0.3) is 0 Å². The minimum absolute atomic E-state index is 0.0139. The number of amides is 1. The standard InChI is InChI=1S/C36H57NO7/c1-21-19-26(32(5,6)44-22(2)38)42-28-27(21)33(7)13-14-36-20-35(36)12-11-25(43-30(40)37-15-17-41-18-16-37)31(3,4)23(35)9-10-24(36)34(33,8)29(28)39/h21,23-29,39H,9-20H2,1-8H3/t21-,23+,24?,25?,26?,27+,28?,29+,33?,34-,35?,36?/m1/s1. The molecule has 1 N–H and O–H groups in total. The number of nitrogens with zero attached hydrogens (tertiary/aromatic N) is 1. The van der Waals surface area contributed by atoms with Crippen LogP contribution in [0, 0.1) is 50.7 Å². The molecule has 12 atom stereocenters. The molecule has 1 amide bonds. The number of carbonyl (C=O) groups is 2. The van der Waals surface area contributed by atoms with Crippen LogP contribution in [-0.4, -0.2) is 78.4 Å². The smallest absolute Gasteiger partial charge is 0.410 e. The van der Waals surface area contributed by atoms with Gasteiger partial charge in [0.1, 0.15) is 11.7 Å². The van der Waals surface area contributed by atoms with Crippen LogP contribution in [0.3, 0.4) is 0 Å². The Balaban J connectivity index is 1.14. The fourth-order valence-corrected chi connectivity index (χ4v) is 13.3. The van der Waals surface area contributed by atoms with Crippen LogP contribution < -0.4 is 0 Å². The number of hydrogen-bond acceptors (Lipinski definition) is 7. The molecule has 2 saturated heterocycles. The second-order valence-corrected chi connectivity index (χ2v) is 17.7. The maximum Gasteiger partial charge on any atom is 0.410 e. The molecular weight excluding hydrogens is 558 g/mol. The first-order valence-electron chi connectivity index (χ1n) is 17.6. The maximum atomic E-state index is 13.1. The number of hydrogen-bond donors (Lipinski definition) is 1. The zero-order chi connectivity index (χ0) is 31.7. The molecule has 0 aromatic carbocycles. The van der Waals surface area contributed by atoms with Crippen molar-refractivity contribution in [2.45, 2.75) is 137 Å². The van der Waals surface area contributed by atoms with Gasteiger partial charge >= 0.3 is 12.1 Å². The molecule has 0 radical (unpaired) electrons. The van der Waals surface area contributed by atoms with Crippen molar-refractivity contribution in [3.63, 3.8) is 0 Å². The Morgan fingerprint density at radius 3 is 2.30 bits per heavy atom. The molecule has 2 spiro atoms. The molecule has 0 aromatic heterocycles. The van der Waals surface area contributed by atoms with E-state index in [1.165, 1.54) is 19.8 Å². The summed E-state index contributed by atoms with van der Waals surface area (Å²) in [5, 5.41) is 12.5. The van der Waals surface area contributed by atoms with Crippen LogP contribution in [0.4, 0.5) is 4.79 Å². The van der Waals surface area contributed by atoms with Gasteiger partial charge in [-0.15, -0.1) is 0 Å². The number of fused-ring (bicyclic) bond motifs is 4. The van der Waals surface area contributed by atoms with E-state index in [-0.39, 0.29) is 63.4 Å². The molecule has 7 aliphatic rings. The van der Waals surface area contributed by atoms with Crippen molar-refractivity contribution in [2.24, 2.45) is 50.7 Å². The third-order valence-corrected chi connectivity index (χ3v) is 15.4. The van der Waals surface area contributed by atoms with Gasteiger partial charge in [0, 0.05) is 30.8 Å². The molecule has 5 aliphatic carbocycles. The zero-order valence-corrected chi connectivity index (χ0v) is 28.4. The van der Waals surface area contributed by atoms with E-state index in [1.54, 1.807) is 0 Å². The Morgan fingerprint density at radius 2 is 1.61 bits per heavy atom. The van der Waals surface area contributed by atoms with Gasteiger partial charge < -0.3 is 29.0 Å². The van der Waals surface area contributed by atoms with Crippen LogP contribution in [0.5, 0.6) is 0 Å².